The summed E-state index contributed by atoms with van der Waals surface area (Å²) in [7, 11) is 0. The maximum absolute atomic E-state index is 13.3. The Kier molecular flexibility index (Phi) is 5.05. The summed E-state index contributed by atoms with van der Waals surface area (Å²) in [5.41, 5.74) is -0.488. The van der Waals surface area contributed by atoms with E-state index in [0.29, 0.717) is 0 Å². The van der Waals surface area contributed by atoms with Crippen LogP contribution in [0.15, 0.2) is 69.7 Å². The fraction of sp³-hybridized carbons (Fsp3) is 0.100. The van der Waals surface area contributed by atoms with E-state index in [-0.39, 0.29) is 29.8 Å². The number of halogens is 1. The van der Waals surface area contributed by atoms with Crippen molar-refractivity contribution in [3.05, 3.63) is 91.6 Å². The van der Waals surface area contributed by atoms with Gasteiger partial charge >= 0.3 is 5.69 Å². The smallest absolute Gasteiger partial charge is 0.324 e. The number of pyridine rings is 1. The van der Waals surface area contributed by atoms with Gasteiger partial charge in [-0.15, -0.1) is 11.3 Å². The van der Waals surface area contributed by atoms with Gasteiger partial charge in [-0.3, -0.25) is 18.7 Å². The van der Waals surface area contributed by atoms with Gasteiger partial charge < -0.3 is 5.32 Å². The van der Waals surface area contributed by atoms with E-state index >= 15 is 0 Å². The molecule has 0 atom stereocenters. The molecule has 0 aliphatic rings. The van der Waals surface area contributed by atoms with Crippen molar-refractivity contribution >= 4 is 34.0 Å². The quantitative estimate of drug-likeness (QED) is 0.548. The molecule has 0 aliphatic heterocycles. The van der Waals surface area contributed by atoms with Crippen molar-refractivity contribution in [3.8, 4) is 0 Å². The maximum Gasteiger partial charge on any atom is 0.332 e. The SMILES string of the molecule is O=C(Cn1c(=O)n(Cc2cccs2)c(=O)c2ncccc21)Nc1cccc(F)c1. The van der Waals surface area contributed by atoms with Crippen molar-refractivity contribution in [1.29, 1.82) is 0 Å². The van der Waals surface area contributed by atoms with Crippen molar-refractivity contribution in [3.63, 3.8) is 0 Å². The van der Waals surface area contributed by atoms with E-state index in [2.05, 4.69) is 10.3 Å². The van der Waals surface area contributed by atoms with Crippen molar-refractivity contribution in [2.24, 2.45) is 0 Å². The minimum atomic E-state index is -0.613. The predicted molar refractivity (Wildman–Crippen MR) is 109 cm³/mol. The molecule has 146 valence electrons. The van der Waals surface area contributed by atoms with E-state index < -0.39 is 23.0 Å². The third kappa shape index (κ3) is 3.85. The van der Waals surface area contributed by atoms with Gasteiger partial charge in [-0.05, 0) is 41.8 Å². The van der Waals surface area contributed by atoms with Gasteiger partial charge in [0.1, 0.15) is 12.4 Å². The molecular formula is C20H15FN4O3S. The summed E-state index contributed by atoms with van der Waals surface area (Å²) in [5.74, 6) is -1.01. The third-order valence-corrected chi connectivity index (χ3v) is 5.15. The lowest BCUT2D eigenvalue weighted by Crippen LogP contribution is -2.42. The van der Waals surface area contributed by atoms with Gasteiger partial charge in [0.05, 0.1) is 12.1 Å². The van der Waals surface area contributed by atoms with Crippen molar-refractivity contribution in [2.75, 3.05) is 5.32 Å². The number of hydrogen-bond acceptors (Lipinski definition) is 5. The normalized spacial score (nSPS) is 10.9. The topological polar surface area (TPSA) is 86.0 Å². The highest BCUT2D eigenvalue weighted by Gasteiger charge is 2.17. The zero-order valence-corrected chi connectivity index (χ0v) is 15.9. The molecule has 0 unspecified atom stereocenters. The van der Waals surface area contributed by atoms with Gasteiger partial charge in [-0.1, -0.05) is 12.1 Å². The summed E-state index contributed by atoms with van der Waals surface area (Å²) in [4.78, 5) is 43.3. The van der Waals surface area contributed by atoms with Crippen LogP contribution in [-0.4, -0.2) is 20.0 Å². The lowest BCUT2D eigenvalue weighted by atomic mass is 10.3. The Morgan fingerprint density at radius 1 is 1.10 bits per heavy atom. The summed E-state index contributed by atoms with van der Waals surface area (Å²) < 4.78 is 15.6. The zero-order chi connectivity index (χ0) is 20.4. The van der Waals surface area contributed by atoms with E-state index in [1.807, 2.05) is 17.5 Å². The lowest BCUT2D eigenvalue weighted by Gasteiger charge is -2.13. The average Bonchev–Trinajstić information content (AvgIpc) is 3.22. The van der Waals surface area contributed by atoms with E-state index in [9.17, 15) is 18.8 Å². The molecule has 0 spiro atoms. The Bertz CT molecular complexity index is 1310. The second kappa shape index (κ2) is 7.80. The van der Waals surface area contributed by atoms with Crippen LogP contribution in [0.3, 0.4) is 0 Å². The van der Waals surface area contributed by atoms with Crippen molar-refractivity contribution < 1.29 is 9.18 Å². The Hall–Kier alpha value is -3.59. The number of benzene rings is 1. The molecule has 4 aromatic rings. The van der Waals surface area contributed by atoms with Gasteiger partial charge in [-0.2, -0.15) is 0 Å². The molecule has 29 heavy (non-hydrogen) atoms. The van der Waals surface area contributed by atoms with Crippen LogP contribution in [-0.2, 0) is 17.9 Å². The molecule has 3 heterocycles. The second-order valence-electron chi connectivity index (χ2n) is 6.27. The number of nitrogens with one attached hydrogen (secondary N) is 1. The molecule has 0 aliphatic carbocycles. The summed E-state index contributed by atoms with van der Waals surface area (Å²) in [5, 5.41) is 4.41. The van der Waals surface area contributed by atoms with Crippen LogP contribution in [0.4, 0.5) is 10.1 Å². The van der Waals surface area contributed by atoms with Gasteiger partial charge in [0, 0.05) is 16.8 Å². The van der Waals surface area contributed by atoms with Crippen molar-refractivity contribution in [2.45, 2.75) is 13.1 Å². The molecule has 4 rings (SSSR count). The van der Waals surface area contributed by atoms with Crippen LogP contribution in [0.2, 0.25) is 0 Å². The van der Waals surface area contributed by atoms with Gasteiger partial charge in [0.25, 0.3) is 5.56 Å². The third-order valence-electron chi connectivity index (χ3n) is 4.29. The van der Waals surface area contributed by atoms with Crippen LogP contribution in [0.25, 0.3) is 11.0 Å². The highest BCUT2D eigenvalue weighted by Crippen LogP contribution is 2.12. The van der Waals surface area contributed by atoms with Crippen molar-refractivity contribution in [1.82, 2.24) is 14.1 Å². The monoisotopic (exact) mass is 410 g/mol. The van der Waals surface area contributed by atoms with E-state index in [1.165, 1.54) is 40.3 Å². The predicted octanol–water partition coefficient (Wildman–Crippen LogP) is 2.45. The number of thiophene rings is 1. The summed E-state index contributed by atoms with van der Waals surface area (Å²) in [6, 6.07) is 12.3. The number of carbonyl (C=O) groups excluding carboxylic acids is 1. The first-order valence-corrected chi connectivity index (χ1v) is 9.57. The number of hydrogen-bond donors (Lipinski definition) is 1. The first-order chi connectivity index (χ1) is 14.0. The standard InChI is InChI=1S/C20H15FN4O3S/c21-13-4-1-5-14(10-13)23-17(26)12-24-16-7-2-8-22-18(16)19(27)25(20(24)28)11-15-6-3-9-29-15/h1-10H,11-12H2,(H,23,26). The fourth-order valence-electron chi connectivity index (χ4n) is 3.00. The summed E-state index contributed by atoms with van der Waals surface area (Å²) >= 11 is 1.42. The fourth-order valence-corrected chi connectivity index (χ4v) is 3.70. The second-order valence-corrected chi connectivity index (χ2v) is 7.30. The number of fused-ring (bicyclic) bond motifs is 1. The number of nitrogens with zero attached hydrogens (tertiary/aromatic N) is 3. The van der Waals surface area contributed by atoms with Crippen LogP contribution < -0.4 is 16.6 Å². The Labute approximate surface area is 167 Å². The molecule has 1 amide bonds. The summed E-state index contributed by atoms with van der Waals surface area (Å²) in [6.45, 7) is -0.254. The molecule has 0 bridgehead atoms. The lowest BCUT2D eigenvalue weighted by molar-refractivity contribution is -0.116. The molecule has 0 saturated carbocycles. The molecule has 3 aromatic heterocycles. The minimum Gasteiger partial charge on any atom is -0.324 e. The van der Waals surface area contributed by atoms with Crippen LogP contribution in [0.1, 0.15) is 4.88 Å². The zero-order valence-electron chi connectivity index (χ0n) is 15.0. The largest absolute Gasteiger partial charge is 0.332 e. The molecule has 9 heteroatoms. The minimum absolute atomic E-state index is 0.0906. The number of rotatable bonds is 5. The Morgan fingerprint density at radius 2 is 1.97 bits per heavy atom. The first-order valence-electron chi connectivity index (χ1n) is 8.69. The number of aromatic nitrogens is 3. The van der Waals surface area contributed by atoms with Crippen LogP contribution >= 0.6 is 11.3 Å². The molecule has 0 saturated heterocycles. The molecule has 0 radical (unpaired) electrons. The molecular weight excluding hydrogens is 395 g/mol. The number of anilines is 1. The first kappa shape index (κ1) is 18.8. The Morgan fingerprint density at radius 3 is 2.72 bits per heavy atom. The van der Waals surface area contributed by atoms with Gasteiger partial charge in [-0.25, -0.2) is 14.2 Å². The molecule has 1 aromatic carbocycles. The average molecular weight is 410 g/mol. The van der Waals surface area contributed by atoms with Crippen LogP contribution in [0, 0.1) is 5.82 Å². The van der Waals surface area contributed by atoms with E-state index in [0.717, 1.165) is 9.44 Å². The maximum atomic E-state index is 13.3. The molecule has 7 nitrogen and oxygen atoms in total. The van der Waals surface area contributed by atoms with Crippen LogP contribution in [0.5, 0.6) is 0 Å². The molecule has 1 N–H and O–H groups in total. The van der Waals surface area contributed by atoms with E-state index in [4.69, 9.17) is 0 Å². The Balaban J connectivity index is 1.75. The number of amides is 1. The van der Waals surface area contributed by atoms with Gasteiger partial charge in [0.2, 0.25) is 5.91 Å². The molecule has 0 fully saturated rings. The van der Waals surface area contributed by atoms with E-state index in [1.54, 1.807) is 18.2 Å². The number of carbonyl (C=O) groups is 1. The highest BCUT2D eigenvalue weighted by molar-refractivity contribution is 7.09. The summed E-state index contributed by atoms with van der Waals surface area (Å²) in [6.07, 6.45) is 1.46. The van der Waals surface area contributed by atoms with Gasteiger partial charge in [0.15, 0.2) is 5.52 Å². The highest BCUT2D eigenvalue weighted by atomic mass is 32.1.